The van der Waals surface area contributed by atoms with Crippen molar-refractivity contribution in [2.75, 3.05) is 14.1 Å². The minimum atomic E-state index is 0.581. The lowest BCUT2D eigenvalue weighted by Crippen LogP contribution is -2.22. The molecule has 0 rings (SSSR count). The summed E-state index contributed by atoms with van der Waals surface area (Å²) in [6.45, 7) is 20.8. The summed E-state index contributed by atoms with van der Waals surface area (Å²) in [7, 11) is 4.37. The lowest BCUT2D eigenvalue weighted by Gasteiger charge is -2.32. The zero-order valence-corrected chi connectivity index (χ0v) is 19.7. The number of hydrogen-bond acceptors (Lipinski definition) is 1. The predicted octanol–water partition coefficient (Wildman–Crippen LogP) is 7.72. The third-order valence-electron chi connectivity index (χ3n) is 5.58. The van der Waals surface area contributed by atoms with Crippen LogP contribution in [0.15, 0.2) is 35.1 Å². The number of nitrogens with zero attached hydrogens (tertiary/aromatic N) is 1. The normalized spacial score (nSPS) is 15.6. The van der Waals surface area contributed by atoms with Crippen LogP contribution in [0.3, 0.4) is 0 Å². The Balaban J connectivity index is 5.74. The van der Waals surface area contributed by atoms with Gasteiger partial charge < -0.3 is 4.90 Å². The molecule has 0 N–H and O–H groups in total. The highest BCUT2D eigenvalue weighted by atomic mass is 15.1. The minimum Gasteiger partial charge on any atom is -0.378 e. The van der Waals surface area contributed by atoms with Crippen molar-refractivity contribution in [3.8, 4) is 0 Å². The van der Waals surface area contributed by atoms with Crippen molar-refractivity contribution in [1.29, 1.82) is 0 Å². The van der Waals surface area contributed by atoms with Crippen molar-refractivity contribution in [2.24, 2.45) is 29.6 Å². The SMILES string of the molecule is C/C=C\CC(CC(C/C(=C(/C=C(C)C)N(C)C)C(C)C)C(C)C)C(C)C. The van der Waals surface area contributed by atoms with Gasteiger partial charge in [0.25, 0.3) is 0 Å². The van der Waals surface area contributed by atoms with Crippen molar-refractivity contribution >= 4 is 0 Å². The second-order valence-corrected chi connectivity index (χ2v) is 9.43. The van der Waals surface area contributed by atoms with E-state index in [2.05, 4.69) is 99.5 Å². The van der Waals surface area contributed by atoms with E-state index >= 15 is 0 Å². The molecule has 152 valence electrons. The Kier molecular flexibility index (Phi) is 11.9. The molecule has 0 amide bonds. The van der Waals surface area contributed by atoms with Gasteiger partial charge in [-0.25, -0.2) is 0 Å². The van der Waals surface area contributed by atoms with Gasteiger partial charge >= 0.3 is 0 Å². The van der Waals surface area contributed by atoms with Crippen LogP contribution in [0.5, 0.6) is 0 Å². The summed E-state index contributed by atoms with van der Waals surface area (Å²) in [4.78, 5) is 2.31. The van der Waals surface area contributed by atoms with Crippen LogP contribution >= 0.6 is 0 Å². The van der Waals surface area contributed by atoms with Crippen molar-refractivity contribution in [3.63, 3.8) is 0 Å². The largest absolute Gasteiger partial charge is 0.378 e. The molecule has 0 aliphatic rings. The summed E-state index contributed by atoms with van der Waals surface area (Å²) in [5.41, 5.74) is 4.41. The van der Waals surface area contributed by atoms with Gasteiger partial charge in [0.05, 0.1) is 0 Å². The molecule has 0 saturated carbocycles. The molecule has 0 aromatic rings. The molecule has 0 saturated heterocycles. The maximum Gasteiger partial charge on any atom is 0.0354 e. The van der Waals surface area contributed by atoms with Crippen molar-refractivity contribution in [1.82, 2.24) is 4.90 Å². The van der Waals surface area contributed by atoms with Gasteiger partial charge in [0.15, 0.2) is 0 Å². The van der Waals surface area contributed by atoms with Crippen LogP contribution in [0.25, 0.3) is 0 Å². The molecule has 0 aromatic carbocycles. The average Bonchev–Trinajstić information content (AvgIpc) is 2.51. The van der Waals surface area contributed by atoms with Crippen LogP contribution in [0, 0.1) is 29.6 Å². The van der Waals surface area contributed by atoms with Gasteiger partial charge in [-0.1, -0.05) is 59.3 Å². The summed E-state index contributed by atoms with van der Waals surface area (Å²) in [5, 5.41) is 0. The highest BCUT2D eigenvalue weighted by Crippen LogP contribution is 2.35. The van der Waals surface area contributed by atoms with Gasteiger partial charge in [0.1, 0.15) is 0 Å². The molecule has 0 fully saturated rings. The van der Waals surface area contributed by atoms with E-state index in [4.69, 9.17) is 0 Å². The molecule has 0 aromatic heterocycles. The Morgan fingerprint density at radius 3 is 1.77 bits per heavy atom. The van der Waals surface area contributed by atoms with Crippen LogP contribution in [0.1, 0.15) is 81.6 Å². The molecule has 1 heteroatoms. The van der Waals surface area contributed by atoms with E-state index in [9.17, 15) is 0 Å². The summed E-state index contributed by atoms with van der Waals surface area (Å²) in [6, 6.07) is 0. The molecular weight excluding hydrogens is 314 g/mol. The molecule has 0 aliphatic carbocycles. The van der Waals surface area contributed by atoms with Gasteiger partial charge in [-0.15, -0.1) is 0 Å². The van der Waals surface area contributed by atoms with Crippen molar-refractivity contribution < 1.29 is 0 Å². The quantitative estimate of drug-likeness (QED) is 0.269. The molecule has 26 heavy (non-hydrogen) atoms. The minimum absolute atomic E-state index is 0.581. The molecule has 0 aliphatic heterocycles. The third-order valence-corrected chi connectivity index (χ3v) is 5.58. The smallest absolute Gasteiger partial charge is 0.0354 e. The first kappa shape index (κ1) is 25.0. The van der Waals surface area contributed by atoms with Crippen molar-refractivity contribution in [3.05, 3.63) is 35.1 Å². The number of hydrogen-bond donors (Lipinski definition) is 0. The molecule has 0 spiro atoms. The second-order valence-electron chi connectivity index (χ2n) is 9.43. The van der Waals surface area contributed by atoms with Crippen LogP contribution in [0.2, 0.25) is 0 Å². The topological polar surface area (TPSA) is 3.24 Å². The average molecular weight is 362 g/mol. The molecule has 0 heterocycles. The third kappa shape index (κ3) is 9.10. The number of rotatable bonds is 11. The van der Waals surface area contributed by atoms with E-state index in [1.165, 1.54) is 30.5 Å². The van der Waals surface area contributed by atoms with Gasteiger partial charge in [-0.2, -0.15) is 0 Å². The highest BCUT2D eigenvalue weighted by molar-refractivity contribution is 5.28. The molecule has 2 atom stereocenters. The standard InChI is InChI=1S/C25H47N/c1-12-13-14-22(19(4)5)16-23(20(6)7)17-24(21(8)9)25(26(10)11)15-18(2)3/h12-13,15,19-23H,14,16-17H2,1-11H3/b13-12-,25-24+. The highest BCUT2D eigenvalue weighted by Gasteiger charge is 2.24. The first-order valence-corrected chi connectivity index (χ1v) is 10.7. The zero-order valence-electron chi connectivity index (χ0n) is 19.7. The first-order chi connectivity index (χ1) is 12.0. The summed E-state index contributed by atoms with van der Waals surface area (Å²) in [6.07, 6.45) is 10.7. The summed E-state index contributed by atoms with van der Waals surface area (Å²) in [5.74, 6) is 3.55. The molecule has 0 radical (unpaired) electrons. The van der Waals surface area contributed by atoms with E-state index in [-0.39, 0.29) is 0 Å². The predicted molar refractivity (Wildman–Crippen MR) is 120 cm³/mol. The molecule has 2 unspecified atom stereocenters. The fraction of sp³-hybridized carbons (Fsp3) is 0.760. The fourth-order valence-electron chi connectivity index (χ4n) is 3.63. The van der Waals surface area contributed by atoms with Gasteiger partial charge in [0.2, 0.25) is 0 Å². The monoisotopic (exact) mass is 361 g/mol. The Hall–Kier alpha value is -0.980. The number of allylic oxidation sites excluding steroid dienone is 5. The Morgan fingerprint density at radius 1 is 0.885 bits per heavy atom. The first-order valence-electron chi connectivity index (χ1n) is 10.7. The van der Waals surface area contributed by atoms with E-state index in [1.54, 1.807) is 5.57 Å². The Morgan fingerprint density at radius 2 is 1.42 bits per heavy atom. The molecular formula is C25H47N. The molecule has 0 bridgehead atoms. The van der Waals surface area contributed by atoms with Crippen LogP contribution in [0.4, 0.5) is 0 Å². The van der Waals surface area contributed by atoms with E-state index in [0.717, 1.165) is 17.8 Å². The van der Waals surface area contributed by atoms with E-state index in [0.29, 0.717) is 11.8 Å². The van der Waals surface area contributed by atoms with Gasteiger partial charge in [-0.05, 0) is 81.3 Å². The summed E-state index contributed by atoms with van der Waals surface area (Å²) < 4.78 is 0. The second kappa shape index (κ2) is 12.4. The van der Waals surface area contributed by atoms with Crippen LogP contribution < -0.4 is 0 Å². The Labute approximate surface area is 165 Å². The van der Waals surface area contributed by atoms with Crippen LogP contribution in [-0.4, -0.2) is 19.0 Å². The maximum absolute atomic E-state index is 2.41. The van der Waals surface area contributed by atoms with Gasteiger partial charge in [-0.3, -0.25) is 0 Å². The van der Waals surface area contributed by atoms with E-state index in [1.807, 2.05) is 0 Å². The van der Waals surface area contributed by atoms with Crippen molar-refractivity contribution in [2.45, 2.75) is 81.6 Å². The van der Waals surface area contributed by atoms with E-state index < -0.39 is 0 Å². The lowest BCUT2D eigenvalue weighted by atomic mass is 9.75. The zero-order chi connectivity index (χ0) is 20.4. The fourth-order valence-corrected chi connectivity index (χ4v) is 3.63. The molecule has 1 nitrogen and oxygen atoms in total. The number of likely N-dealkylation sites (N-methyl/N-ethyl adjacent to an activating group) is 1. The lowest BCUT2D eigenvalue weighted by molar-refractivity contribution is 0.246. The van der Waals surface area contributed by atoms with Crippen LogP contribution in [-0.2, 0) is 0 Å². The summed E-state index contributed by atoms with van der Waals surface area (Å²) >= 11 is 0. The van der Waals surface area contributed by atoms with Gasteiger partial charge in [0, 0.05) is 19.8 Å². The Bertz CT molecular complexity index is 470. The maximum atomic E-state index is 2.41.